The molecule has 17 heavy (non-hydrogen) atoms. The lowest BCUT2D eigenvalue weighted by molar-refractivity contribution is 0.282. The Kier molecular flexibility index (Phi) is 15.9. The molecule has 0 heterocycles. The molecule has 0 saturated carbocycles. The zero-order valence-corrected chi connectivity index (χ0v) is 11.9. The smallest absolute Gasteiger partial charge is 0.0431 e. The van der Waals surface area contributed by atoms with Crippen LogP contribution in [0.5, 0.6) is 0 Å². The summed E-state index contributed by atoms with van der Waals surface area (Å²) in [5.74, 6) is 0. The molecule has 1 radical (unpaired) electrons. The second-order valence-corrected chi connectivity index (χ2v) is 5.13. The van der Waals surface area contributed by atoms with E-state index < -0.39 is 0 Å². The number of hydrogen-bond donors (Lipinski definition) is 1. The molecule has 0 saturated heterocycles. The highest BCUT2D eigenvalue weighted by atomic mass is 16.2. The fourth-order valence-corrected chi connectivity index (χ4v) is 2.14. The first-order chi connectivity index (χ1) is 8.41. The van der Waals surface area contributed by atoms with Crippen LogP contribution in [-0.2, 0) is 0 Å². The molecule has 0 spiro atoms. The van der Waals surface area contributed by atoms with Crippen LogP contribution >= 0.6 is 0 Å². The molecule has 0 aliphatic rings. The van der Waals surface area contributed by atoms with Crippen molar-refractivity contribution < 1.29 is 5.11 Å². The summed E-state index contributed by atoms with van der Waals surface area (Å²) >= 11 is 0. The molecule has 0 atom stereocenters. The maximum Gasteiger partial charge on any atom is 0.0431 e. The van der Waals surface area contributed by atoms with Gasteiger partial charge in [-0.3, -0.25) is 0 Å². The standard InChI is InChI=1S/C16H33O/c1-2-3-4-5-6-7-8-9-10-11-12-13-14-15-16-17/h10,17H,2-9,11-16H2,1H3. The van der Waals surface area contributed by atoms with Crippen LogP contribution in [0.2, 0.25) is 0 Å². The van der Waals surface area contributed by atoms with Crippen LogP contribution in [0.3, 0.4) is 0 Å². The second-order valence-electron chi connectivity index (χ2n) is 5.13. The van der Waals surface area contributed by atoms with E-state index in [1.807, 2.05) is 0 Å². The lowest BCUT2D eigenvalue weighted by Gasteiger charge is -2.02. The van der Waals surface area contributed by atoms with Gasteiger partial charge in [-0.2, -0.15) is 0 Å². The average Bonchev–Trinajstić information content (AvgIpc) is 2.35. The molecule has 1 nitrogen and oxygen atoms in total. The van der Waals surface area contributed by atoms with Crippen molar-refractivity contribution in [2.45, 2.75) is 90.4 Å². The summed E-state index contributed by atoms with van der Waals surface area (Å²) in [7, 11) is 0. The quantitative estimate of drug-likeness (QED) is 0.410. The summed E-state index contributed by atoms with van der Waals surface area (Å²) in [6, 6.07) is 0. The van der Waals surface area contributed by atoms with E-state index in [1.165, 1.54) is 77.0 Å². The van der Waals surface area contributed by atoms with Gasteiger partial charge in [-0.05, 0) is 12.8 Å². The number of hydrogen-bond acceptors (Lipinski definition) is 1. The SMILES string of the molecule is CCCCCCCCC[CH]CCCCCCO. The van der Waals surface area contributed by atoms with Crippen molar-refractivity contribution in [3.8, 4) is 0 Å². The highest BCUT2D eigenvalue weighted by Gasteiger charge is 1.93. The Labute approximate surface area is 109 Å². The monoisotopic (exact) mass is 241 g/mol. The van der Waals surface area contributed by atoms with Gasteiger partial charge < -0.3 is 5.11 Å². The molecule has 0 bridgehead atoms. The van der Waals surface area contributed by atoms with Crippen LogP contribution < -0.4 is 0 Å². The van der Waals surface area contributed by atoms with Crippen LogP contribution in [-0.4, -0.2) is 11.7 Å². The van der Waals surface area contributed by atoms with Gasteiger partial charge in [0.2, 0.25) is 0 Å². The number of unbranched alkanes of at least 4 members (excludes halogenated alkanes) is 13. The van der Waals surface area contributed by atoms with Crippen molar-refractivity contribution >= 4 is 0 Å². The molecule has 0 aromatic rings. The molecule has 0 aromatic heterocycles. The molecule has 0 aromatic carbocycles. The number of aliphatic hydroxyl groups excluding tert-OH is 1. The minimum Gasteiger partial charge on any atom is -0.396 e. The Bertz CT molecular complexity index is 109. The Morgan fingerprint density at radius 1 is 0.647 bits per heavy atom. The van der Waals surface area contributed by atoms with Crippen LogP contribution in [0, 0.1) is 6.42 Å². The molecule has 0 unspecified atom stereocenters. The van der Waals surface area contributed by atoms with Crippen LogP contribution in [0.4, 0.5) is 0 Å². The van der Waals surface area contributed by atoms with Crippen molar-refractivity contribution in [1.29, 1.82) is 0 Å². The van der Waals surface area contributed by atoms with E-state index in [-0.39, 0.29) is 0 Å². The predicted molar refractivity (Wildman–Crippen MR) is 77.1 cm³/mol. The molecule has 0 rings (SSSR count). The van der Waals surface area contributed by atoms with E-state index in [0.29, 0.717) is 6.61 Å². The van der Waals surface area contributed by atoms with Crippen LogP contribution in [0.25, 0.3) is 0 Å². The maximum absolute atomic E-state index is 8.64. The molecule has 1 N–H and O–H groups in total. The summed E-state index contributed by atoms with van der Waals surface area (Å²) in [5.41, 5.74) is 0. The van der Waals surface area contributed by atoms with E-state index in [9.17, 15) is 0 Å². The number of rotatable bonds is 14. The van der Waals surface area contributed by atoms with Crippen molar-refractivity contribution in [2.24, 2.45) is 0 Å². The first-order valence-corrected chi connectivity index (χ1v) is 7.84. The summed E-state index contributed by atoms with van der Waals surface area (Å²) in [6.45, 7) is 2.64. The summed E-state index contributed by atoms with van der Waals surface area (Å²) < 4.78 is 0. The summed E-state index contributed by atoms with van der Waals surface area (Å²) in [6.07, 6.45) is 19.7. The maximum atomic E-state index is 8.64. The first kappa shape index (κ1) is 17.0. The lowest BCUT2D eigenvalue weighted by atomic mass is 10.0. The zero-order chi connectivity index (χ0) is 12.6. The van der Waals surface area contributed by atoms with E-state index >= 15 is 0 Å². The van der Waals surface area contributed by atoms with Crippen molar-refractivity contribution in [2.75, 3.05) is 6.61 Å². The third kappa shape index (κ3) is 16.0. The Morgan fingerprint density at radius 3 is 1.65 bits per heavy atom. The highest BCUT2D eigenvalue weighted by Crippen LogP contribution is 2.12. The van der Waals surface area contributed by atoms with Gasteiger partial charge >= 0.3 is 0 Å². The van der Waals surface area contributed by atoms with Gasteiger partial charge in [-0.25, -0.2) is 0 Å². The van der Waals surface area contributed by atoms with E-state index in [2.05, 4.69) is 13.3 Å². The average molecular weight is 241 g/mol. The minimum absolute atomic E-state index is 0.363. The Morgan fingerprint density at radius 2 is 1.12 bits per heavy atom. The number of aliphatic hydroxyl groups is 1. The van der Waals surface area contributed by atoms with E-state index in [0.717, 1.165) is 6.42 Å². The first-order valence-electron chi connectivity index (χ1n) is 7.84. The Balaban J connectivity index is 2.85. The third-order valence-electron chi connectivity index (χ3n) is 3.33. The fourth-order valence-electron chi connectivity index (χ4n) is 2.14. The van der Waals surface area contributed by atoms with Gasteiger partial charge in [0.25, 0.3) is 0 Å². The largest absolute Gasteiger partial charge is 0.396 e. The molecule has 1 heteroatoms. The fraction of sp³-hybridized carbons (Fsp3) is 0.938. The predicted octanol–water partition coefficient (Wildman–Crippen LogP) is 5.27. The highest BCUT2D eigenvalue weighted by molar-refractivity contribution is 4.64. The molecular weight excluding hydrogens is 208 g/mol. The minimum atomic E-state index is 0.363. The van der Waals surface area contributed by atoms with Crippen molar-refractivity contribution in [1.82, 2.24) is 0 Å². The Hall–Kier alpha value is -0.0400. The van der Waals surface area contributed by atoms with Crippen molar-refractivity contribution in [3.63, 3.8) is 0 Å². The molecule has 0 fully saturated rings. The summed E-state index contributed by atoms with van der Waals surface area (Å²) in [5, 5.41) is 8.64. The topological polar surface area (TPSA) is 20.2 Å². The van der Waals surface area contributed by atoms with Crippen molar-refractivity contribution in [3.05, 3.63) is 6.42 Å². The molecule has 103 valence electrons. The van der Waals surface area contributed by atoms with Gasteiger partial charge in [-0.15, -0.1) is 0 Å². The van der Waals surface area contributed by atoms with Crippen LogP contribution in [0.1, 0.15) is 90.4 Å². The molecule has 0 aliphatic carbocycles. The zero-order valence-electron chi connectivity index (χ0n) is 11.9. The third-order valence-corrected chi connectivity index (χ3v) is 3.33. The normalized spacial score (nSPS) is 10.9. The van der Waals surface area contributed by atoms with Gasteiger partial charge in [0, 0.05) is 6.61 Å². The molecular formula is C16H33O. The second kappa shape index (κ2) is 16.0. The van der Waals surface area contributed by atoms with Gasteiger partial charge in [0.05, 0.1) is 0 Å². The van der Waals surface area contributed by atoms with Gasteiger partial charge in [-0.1, -0.05) is 84.0 Å². The van der Waals surface area contributed by atoms with Crippen LogP contribution in [0.15, 0.2) is 0 Å². The van der Waals surface area contributed by atoms with E-state index in [1.54, 1.807) is 0 Å². The van der Waals surface area contributed by atoms with Gasteiger partial charge in [0.15, 0.2) is 0 Å². The molecule has 0 aliphatic heterocycles. The summed E-state index contributed by atoms with van der Waals surface area (Å²) in [4.78, 5) is 0. The van der Waals surface area contributed by atoms with E-state index in [4.69, 9.17) is 5.11 Å². The lowest BCUT2D eigenvalue weighted by Crippen LogP contribution is -1.85. The van der Waals surface area contributed by atoms with Gasteiger partial charge in [0.1, 0.15) is 0 Å². The molecule has 0 amide bonds.